The largest absolute Gasteiger partial charge is 0.378 e. The Labute approximate surface area is 135 Å². The van der Waals surface area contributed by atoms with Crippen LogP contribution in [0.2, 0.25) is 0 Å². The predicted octanol–water partition coefficient (Wildman–Crippen LogP) is 0.489. The van der Waals surface area contributed by atoms with E-state index in [2.05, 4.69) is 20.7 Å². The lowest BCUT2D eigenvalue weighted by Gasteiger charge is -2.22. The second-order valence-electron chi connectivity index (χ2n) is 5.66. The summed E-state index contributed by atoms with van der Waals surface area (Å²) >= 11 is 0. The molecule has 1 fully saturated rings. The third-order valence-corrected chi connectivity index (χ3v) is 3.74. The van der Waals surface area contributed by atoms with E-state index in [0.29, 0.717) is 26.3 Å². The monoisotopic (exact) mass is 315 g/mol. The van der Waals surface area contributed by atoms with Gasteiger partial charge in [0.15, 0.2) is 5.82 Å². The van der Waals surface area contributed by atoms with Crippen LogP contribution in [0.25, 0.3) is 5.82 Å². The van der Waals surface area contributed by atoms with Gasteiger partial charge in [-0.25, -0.2) is 9.67 Å². The van der Waals surface area contributed by atoms with Gasteiger partial charge in [-0.05, 0) is 31.5 Å². The molecule has 0 radical (unpaired) electrons. The fraction of sp³-hybridized carbons (Fsp3) is 0.438. The Kier molecular flexibility index (Phi) is 4.68. The van der Waals surface area contributed by atoms with E-state index in [1.165, 1.54) is 0 Å². The van der Waals surface area contributed by atoms with Gasteiger partial charge in [0.1, 0.15) is 6.04 Å². The molecule has 0 aliphatic carbocycles. The van der Waals surface area contributed by atoms with Crippen molar-refractivity contribution in [1.29, 1.82) is 0 Å². The summed E-state index contributed by atoms with van der Waals surface area (Å²) in [5.74, 6) is 0.723. The minimum atomic E-state index is -0.273. The molecule has 1 atom stereocenters. The molecule has 3 heterocycles. The number of nitrogens with one attached hydrogen (secondary N) is 2. The third-order valence-electron chi connectivity index (χ3n) is 3.74. The zero-order valence-electron chi connectivity index (χ0n) is 13.4. The topological polar surface area (TPSA) is 81.1 Å². The molecule has 1 aliphatic rings. The fourth-order valence-corrected chi connectivity index (χ4v) is 2.55. The molecule has 7 nitrogen and oxygen atoms in total. The van der Waals surface area contributed by atoms with Crippen molar-refractivity contribution in [3.8, 4) is 5.82 Å². The second kappa shape index (κ2) is 6.89. The van der Waals surface area contributed by atoms with Crippen molar-refractivity contribution in [2.45, 2.75) is 26.4 Å². The van der Waals surface area contributed by atoms with E-state index >= 15 is 0 Å². The first-order valence-corrected chi connectivity index (χ1v) is 7.71. The number of carbonyl (C=O) groups is 1. The summed E-state index contributed by atoms with van der Waals surface area (Å²) in [7, 11) is 0. The number of hydrogen-bond donors (Lipinski definition) is 2. The molecular formula is C16H21N5O2. The van der Waals surface area contributed by atoms with Gasteiger partial charge in [0.2, 0.25) is 5.91 Å². The molecule has 122 valence electrons. The number of aryl methyl sites for hydroxylation is 2. The minimum Gasteiger partial charge on any atom is -0.378 e. The second-order valence-corrected chi connectivity index (χ2v) is 5.66. The van der Waals surface area contributed by atoms with Gasteiger partial charge in [0, 0.05) is 25.0 Å². The van der Waals surface area contributed by atoms with Crippen molar-refractivity contribution < 1.29 is 9.53 Å². The van der Waals surface area contributed by atoms with Crippen LogP contribution >= 0.6 is 0 Å². The quantitative estimate of drug-likeness (QED) is 0.858. The number of ether oxygens (including phenoxy) is 1. The highest BCUT2D eigenvalue weighted by atomic mass is 16.5. The third kappa shape index (κ3) is 3.75. The highest BCUT2D eigenvalue weighted by Crippen LogP contribution is 2.10. The van der Waals surface area contributed by atoms with E-state index in [0.717, 1.165) is 22.8 Å². The van der Waals surface area contributed by atoms with Gasteiger partial charge in [0.05, 0.1) is 18.9 Å². The molecule has 0 spiro atoms. The number of pyridine rings is 1. The Morgan fingerprint density at radius 2 is 2.35 bits per heavy atom. The summed E-state index contributed by atoms with van der Waals surface area (Å²) in [6.45, 7) is 6.17. The van der Waals surface area contributed by atoms with Crippen LogP contribution in [-0.2, 0) is 16.1 Å². The van der Waals surface area contributed by atoms with Gasteiger partial charge in [-0.1, -0.05) is 6.07 Å². The molecule has 2 aromatic heterocycles. The number of amides is 1. The summed E-state index contributed by atoms with van der Waals surface area (Å²) in [4.78, 5) is 16.4. The number of hydrogen-bond acceptors (Lipinski definition) is 5. The van der Waals surface area contributed by atoms with E-state index in [1.807, 2.05) is 32.0 Å². The van der Waals surface area contributed by atoms with Gasteiger partial charge in [0.25, 0.3) is 0 Å². The molecule has 2 aromatic rings. The molecule has 23 heavy (non-hydrogen) atoms. The maximum absolute atomic E-state index is 12.0. The molecule has 3 rings (SSSR count). The number of aromatic nitrogens is 3. The number of rotatable bonds is 4. The van der Waals surface area contributed by atoms with Crippen molar-refractivity contribution >= 4 is 5.91 Å². The van der Waals surface area contributed by atoms with Gasteiger partial charge in [-0.15, -0.1) is 0 Å². The molecule has 1 aliphatic heterocycles. The molecule has 0 aromatic carbocycles. The van der Waals surface area contributed by atoms with Crippen molar-refractivity contribution in [3.05, 3.63) is 41.3 Å². The van der Waals surface area contributed by atoms with E-state index in [9.17, 15) is 4.79 Å². The van der Waals surface area contributed by atoms with Gasteiger partial charge in [-0.3, -0.25) is 4.79 Å². The van der Waals surface area contributed by atoms with Crippen molar-refractivity contribution in [2.24, 2.45) is 0 Å². The van der Waals surface area contributed by atoms with Gasteiger partial charge in [-0.2, -0.15) is 5.10 Å². The van der Waals surface area contributed by atoms with Crippen LogP contribution in [0.1, 0.15) is 17.0 Å². The predicted molar refractivity (Wildman–Crippen MR) is 85.3 cm³/mol. The first kappa shape index (κ1) is 15.6. The molecule has 0 bridgehead atoms. The van der Waals surface area contributed by atoms with Crippen LogP contribution < -0.4 is 10.6 Å². The van der Waals surface area contributed by atoms with Crippen LogP contribution in [-0.4, -0.2) is 46.5 Å². The highest BCUT2D eigenvalue weighted by Gasteiger charge is 2.20. The van der Waals surface area contributed by atoms with Gasteiger partial charge < -0.3 is 15.4 Å². The summed E-state index contributed by atoms with van der Waals surface area (Å²) in [6.07, 6.45) is 1.76. The number of carbonyl (C=O) groups excluding carboxylic acids is 1. The first-order chi connectivity index (χ1) is 11.1. The van der Waals surface area contributed by atoms with E-state index in [1.54, 1.807) is 10.9 Å². The van der Waals surface area contributed by atoms with Gasteiger partial charge >= 0.3 is 0 Å². The zero-order valence-corrected chi connectivity index (χ0v) is 13.4. The van der Waals surface area contributed by atoms with Crippen LogP contribution in [0.4, 0.5) is 0 Å². The highest BCUT2D eigenvalue weighted by molar-refractivity contribution is 5.81. The lowest BCUT2D eigenvalue weighted by Crippen LogP contribution is -2.51. The van der Waals surface area contributed by atoms with E-state index in [-0.39, 0.29) is 11.9 Å². The van der Waals surface area contributed by atoms with Crippen molar-refractivity contribution in [3.63, 3.8) is 0 Å². The lowest BCUT2D eigenvalue weighted by atomic mass is 10.2. The molecule has 7 heteroatoms. The standard InChI is InChI=1S/C16H21N5O2/c1-11-7-12(2)21(20-11)15-4-3-13(8-18-15)9-19-16(22)14-10-23-6-5-17-14/h3-4,7-8,14,17H,5-6,9-10H2,1-2H3,(H,19,22). The number of nitrogens with zero attached hydrogens (tertiary/aromatic N) is 3. The average molecular weight is 315 g/mol. The average Bonchev–Trinajstić information content (AvgIpc) is 2.92. The molecule has 1 saturated heterocycles. The Morgan fingerprint density at radius 3 is 2.96 bits per heavy atom. The van der Waals surface area contributed by atoms with E-state index in [4.69, 9.17) is 4.74 Å². The SMILES string of the molecule is Cc1cc(C)n(-c2ccc(CNC(=O)C3COCCN3)cn2)n1. The Morgan fingerprint density at radius 1 is 1.48 bits per heavy atom. The molecule has 1 unspecified atom stereocenters. The van der Waals surface area contributed by atoms with Crippen molar-refractivity contribution in [1.82, 2.24) is 25.4 Å². The Hall–Kier alpha value is -2.25. The summed E-state index contributed by atoms with van der Waals surface area (Å²) in [6, 6.07) is 5.59. The number of morpholine rings is 1. The Balaban J connectivity index is 1.59. The molecule has 1 amide bonds. The van der Waals surface area contributed by atoms with Crippen LogP contribution in [0.5, 0.6) is 0 Å². The van der Waals surface area contributed by atoms with Crippen molar-refractivity contribution in [2.75, 3.05) is 19.8 Å². The Bertz CT molecular complexity index is 674. The first-order valence-electron chi connectivity index (χ1n) is 7.71. The summed E-state index contributed by atoms with van der Waals surface area (Å²) < 4.78 is 7.09. The normalized spacial score (nSPS) is 17.9. The zero-order chi connectivity index (χ0) is 16.2. The maximum Gasteiger partial charge on any atom is 0.239 e. The lowest BCUT2D eigenvalue weighted by molar-refractivity contribution is -0.126. The fourth-order valence-electron chi connectivity index (χ4n) is 2.55. The maximum atomic E-state index is 12.0. The molecule has 2 N–H and O–H groups in total. The van der Waals surface area contributed by atoms with Crippen LogP contribution in [0.15, 0.2) is 24.4 Å². The summed E-state index contributed by atoms with van der Waals surface area (Å²) in [5.41, 5.74) is 2.95. The van der Waals surface area contributed by atoms with E-state index < -0.39 is 0 Å². The molecule has 0 saturated carbocycles. The summed E-state index contributed by atoms with van der Waals surface area (Å²) in [5, 5.41) is 10.4. The smallest absolute Gasteiger partial charge is 0.239 e. The van der Waals surface area contributed by atoms with Crippen LogP contribution in [0.3, 0.4) is 0 Å². The van der Waals surface area contributed by atoms with Crippen LogP contribution in [0, 0.1) is 13.8 Å². The molecular weight excluding hydrogens is 294 g/mol. The minimum absolute atomic E-state index is 0.0488.